The van der Waals surface area contributed by atoms with Gasteiger partial charge in [-0.15, -0.1) is 0 Å². The maximum Gasteiger partial charge on any atom is 0.167 e. The molecule has 0 radical (unpaired) electrons. The number of aliphatic hydroxyl groups excluding tert-OH is 1. The van der Waals surface area contributed by atoms with E-state index in [4.69, 9.17) is 4.74 Å². The molecule has 2 atom stereocenters. The van der Waals surface area contributed by atoms with Crippen LogP contribution >= 0.6 is 0 Å². The monoisotopic (exact) mass is 344 g/mol. The van der Waals surface area contributed by atoms with Crippen LogP contribution in [0.5, 0.6) is 0 Å². The maximum absolute atomic E-state index is 10.3. The Morgan fingerprint density at radius 2 is 2.08 bits per heavy atom. The molecule has 6 nitrogen and oxygen atoms in total. The number of rotatable bonds is 6. The van der Waals surface area contributed by atoms with Gasteiger partial charge in [-0.2, -0.15) is 5.10 Å². The van der Waals surface area contributed by atoms with Gasteiger partial charge in [0.1, 0.15) is 0 Å². The molecular formula is C19H28N4O2. The van der Waals surface area contributed by atoms with Crippen LogP contribution in [0.1, 0.15) is 49.9 Å². The fourth-order valence-electron chi connectivity index (χ4n) is 3.06. The second-order valence-corrected chi connectivity index (χ2v) is 7.30. The summed E-state index contributed by atoms with van der Waals surface area (Å²) in [5.41, 5.74) is 3.54. The molecule has 1 fully saturated rings. The fraction of sp³-hybridized carbons (Fsp3) is 0.526. The number of hydrogen-bond donors (Lipinski definition) is 4. The van der Waals surface area contributed by atoms with Crippen LogP contribution in [0.3, 0.4) is 0 Å². The van der Waals surface area contributed by atoms with Gasteiger partial charge in [-0.05, 0) is 36.6 Å². The average molecular weight is 344 g/mol. The van der Waals surface area contributed by atoms with Gasteiger partial charge in [0.05, 0.1) is 23.6 Å². The number of aliphatic hydroxyl groups is 1. The molecular weight excluding hydrogens is 316 g/mol. The third-order valence-corrected chi connectivity index (χ3v) is 4.57. The SMILES string of the molecule is CC(C)c1cc(C(O)Nc2ccc(CC3(C)CNCCO3)cc2)[nH]n1. The normalized spacial score (nSPS) is 22.1. The number of aromatic nitrogens is 2. The Morgan fingerprint density at radius 3 is 2.68 bits per heavy atom. The fourth-order valence-corrected chi connectivity index (χ4v) is 3.06. The summed E-state index contributed by atoms with van der Waals surface area (Å²) in [6.45, 7) is 8.83. The van der Waals surface area contributed by atoms with Gasteiger partial charge in [-0.1, -0.05) is 26.0 Å². The summed E-state index contributed by atoms with van der Waals surface area (Å²) in [6, 6.07) is 10.0. The van der Waals surface area contributed by atoms with Gasteiger partial charge in [0.2, 0.25) is 0 Å². The molecule has 1 saturated heterocycles. The van der Waals surface area contributed by atoms with Gasteiger partial charge < -0.3 is 20.5 Å². The van der Waals surface area contributed by atoms with Crippen LogP contribution in [-0.4, -0.2) is 40.6 Å². The summed E-state index contributed by atoms with van der Waals surface area (Å²) in [5.74, 6) is 0.328. The molecule has 1 aromatic carbocycles. The first-order valence-corrected chi connectivity index (χ1v) is 8.89. The van der Waals surface area contributed by atoms with Crippen molar-refractivity contribution in [3.8, 4) is 0 Å². The lowest BCUT2D eigenvalue weighted by molar-refractivity contribution is -0.0516. The van der Waals surface area contributed by atoms with Crippen molar-refractivity contribution < 1.29 is 9.84 Å². The van der Waals surface area contributed by atoms with E-state index in [1.54, 1.807) is 0 Å². The first kappa shape index (κ1) is 17.9. The summed E-state index contributed by atoms with van der Waals surface area (Å²) in [7, 11) is 0. The van der Waals surface area contributed by atoms with Crippen molar-refractivity contribution in [2.75, 3.05) is 25.0 Å². The Morgan fingerprint density at radius 1 is 1.32 bits per heavy atom. The van der Waals surface area contributed by atoms with Gasteiger partial charge in [0.25, 0.3) is 0 Å². The van der Waals surface area contributed by atoms with E-state index in [-0.39, 0.29) is 5.60 Å². The van der Waals surface area contributed by atoms with Gasteiger partial charge >= 0.3 is 0 Å². The van der Waals surface area contributed by atoms with E-state index in [2.05, 4.69) is 53.7 Å². The van der Waals surface area contributed by atoms with E-state index < -0.39 is 6.23 Å². The van der Waals surface area contributed by atoms with Crippen LogP contribution in [0.15, 0.2) is 30.3 Å². The molecule has 6 heteroatoms. The number of benzene rings is 1. The summed E-state index contributed by atoms with van der Waals surface area (Å²) < 4.78 is 5.91. The standard InChI is InChI=1S/C19H28N4O2/c1-13(2)16-10-17(23-22-16)18(24)21-15-6-4-14(5-7-15)11-19(3)12-20-8-9-25-19/h4-7,10,13,18,20-21,24H,8-9,11-12H2,1-3H3,(H,22,23). The number of anilines is 1. The number of ether oxygens (including phenoxy) is 1. The van der Waals surface area contributed by atoms with Crippen molar-refractivity contribution in [2.45, 2.75) is 44.9 Å². The molecule has 2 unspecified atom stereocenters. The molecule has 136 valence electrons. The van der Waals surface area contributed by atoms with Crippen LogP contribution in [-0.2, 0) is 11.2 Å². The minimum atomic E-state index is -0.811. The zero-order valence-corrected chi connectivity index (χ0v) is 15.2. The number of aromatic amines is 1. The second kappa shape index (κ2) is 7.56. The van der Waals surface area contributed by atoms with Gasteiger partial charge in [-0.3, -0.25) is 5.10 Å². The second-order valence-electron chi connectivity index (χ2n) is 7.30. The highest BCUT2D eigenvalue weighted by Crippen LogP contribution is 2.23. The topological polar surface area (TPSA) is 82.2 Å². The molecule has 1 aliphatic rings. The van der Waals surface area contributed by atoms with E-state index in [0.29, 0.717) is 11.6 Å². The highest BCUT2D eigenvalue weighted by atomic mass is 16.5. The largest absolute Gasteiger partial charge is 0.372 e. The summed E-state index contributed by atoms with van der Waals surface area (Å²) in [4.78, 5) is 0. The quantitative estimate of drug-likeness (QED) is 0.606. The van der Waals surface area contributed by atoms with E-state index in [1.807, 2.05) is 18.2 Å². The molecule has 1 aromatic heterocycles. The zero-order valence-electron chi connectivity index (χ0n) is 15.2. The first-order valence-electron chi connectivity index (χ1n) is 8.89. The highest BCUT2D eigenvalue weighted by molar-refractivity contribution is 5.46. The van der Waals surface area contributed by atoms with Crippen molar-refractivity contribution in [3.05, 3.63) is 47.3 Å². The molecule has 4 N–H and O–H groups in total. The number of nitrogens with zero attached hydrogens (tertiary/aromatic N) is 1. The number of H-pyrrole nitrogens is 1. The van der Waals surface area contributed by atoms with Crippen molar-refractivity contribution in [3.63, 3.8) is 0 Å². The van der Waals surface area contributed by atoms with E-state index in [0.717, 1.165) is 37.5 Å². The minimum absolute atomic E-state index is 0.157. The predicted molar refractivity (Wildman–Crippen MR) is 98.6 cm³/mol. The Bertz CT molecular complexity index is 675. The minimum Gasteiger partial charge on any atom is -0.372 e. The maximum atomic E-state index is 10.3. The lowest BCUT2D eigenvalue weighted by Crippen LogP contribution is -2.48. The molecule has 0 bridgehead atoms. The lowest BCUT2D eigenvalue weighted by atomic mass is 9.95. The number of hydrogen-bond acceptors (Lipinski definition) is 5. The zero-order chi connectivity index (χ0) is 17.9. The molecule has 0 spiro atoms. The predicted octanol–water partition coefficient (Wildman–Crippen LogP) is 2.56. The van der Waals surface area contributed by atoms with Crippen molar-refractivity contribution in [1.29, 1.82) is 0 Å². The molecule has 25 heavy (non-hydrogen) atoms. The average Bonchev–Trinajstić information content (AvgIpc) is 3.07. The first-order chi connectivity index (χ1) is 12.0. The van der Waals surface area contributed by atoms with Crippen LogP contribution in [0, 0.1) is 0 Å². The Hall–Kier alpha value is -1.89. The third kappa shape index (κ3) is 4.60. The van der Waals surface area contributed by atoms with Crippen molar-refractivity contribution in [1.82, 2.24) is 15.5 Å². The smallest absolute Gasteiger partial charge is 0.167 e. The Balaban J connectivity index is 1.60. The molecule has 0 aliphatic carbocycles. The van der Waals surface area contributed by atoms with E-state index in [9.17, 15) is 5.11 Å². The highest BCUT2D eigenvalue weighted by Gasteiger charge is 2.27. The molecule has 2 heterocycles. The third-order valence-electron chi connectivity index (χ3n) is 4.57. The molecule has 3 rings (SSSR count). The number of morpholine rings is 1. The number of nitrogens with one attached hydrogen (secondary N) is 3. The van der Waals surface area contributed by atoms with Crippen molar-refractivity contribution in [2.24, 2.45) is 0 Å². The molecule has 1 aliphatic heterocycles. The van der Waals surface area contributed by atoms with Crippen LogP contribution in [0.2, 0.25) is 0 Å². The van der Waals surface area contributed by atoms with Crippen LogP contribution in [0.4, 0.5) is 5.69 Å². The molecule has 2 aromatic rings. The Kier molecular flexibility index (Phi) is 5.42. The summed E-state index contributed by atoms with van der Waals surface area (Å²) in [5, 5.41) is 23.9. The van der Waals surface area contributed by atoms with E-state index in [1.165, 1.54) is 5.56 Å². The summed E-state index contributed by atoms with van der Waals surface area (Å²) >= 11 is 0. The van der Waals surface area contributed by atoms with Crippen LogP contribution in [0.25, 0.3) is 0 Å². The van der Waals surface area contributed by atoms with Crippen molar-refractivity contribution >= 4 is 5.69 Å². The van der Waals surface area contributed by atoms with Crippen LogP contribution < -0.4 is 10.6 Å². The summed E-state index contributed by atoms with van der Waals surface area (Å²) in [6.07, 6.45) is 0.0513. The van der Waals surface area contributed by atoms with Gasteiger partial charge in [0, 0.05) is 25.2 Å². The van der Waals surface area contributed by atoms with E-state index >= 15 is 0 Å². The molecule has 0 saturated carbocycles. The Labute approximate surface area is 149 Å². The van der Waals surface area contributed by atoms with Gasteiger partial charge in [0.15, 0.2) is 6.23 Å². The van der Waals surface area contributed by atoms with Gasteiger partial charge in [-0.25, -0.2) is 0 Å². The lowest BCUT2D eigenvalue weighted by Gasteiger charge is -2.34. The molecule has 0 amide bonds.